The molecule has 0 saturated carbocycles. The van der Waals surface area contributed by atoms with Crippen LogP contribution in [0.2, 0.25) is 0 Å². The summed E-state index contributed by atoms with van der Waals surface area (Å²) in [6.07, 6.45) is 4.18. The van der Waals surface area contributed by atoms with E-state index in [1.54, 1.807) is 24.3 Å². The summed E-state index contributed by atoms with van der Waals surface area (Å²) in [5.74, 6) is 4.97. The molecule has 0 radical (unpaired) electrons. The molecule has 3 rings (SSSR count). The smallest absolute Gasteiger partial charge is 0.255 e. The summed E-state index contributed by atoms with van der Waals surface area (Å²) in [7, 11) is 0. The average molecular weight is 404 g/mol. The predicted octanol–water partition coefficient (Wildman–Crippen LogP) is 5.90. The number of aryl methyl sites for hydroxylation is 1. The van der Waals surface area contributed by atoms with Crippen LogP contribution in [0.25, 0.3) is 10.9 Å². The zero-order valence-electron chi connectivity index (χ0n) is 17.3. The molecule has 0 unspecified atom stereocenters. The van der Waals surface area contributed by atoms with Gasteiger partial charge in [0.25, 0.3) is 5.91 Å². The Morgan fingerprint density at radius 2 is 2.00 bits per heavy atom. The van der Waals surface area contributed by atoms with E-state index in [2.05, 4.69) is 29.1 Å². The molecule has 1 N–H and O–H groups in total. The number of carbonyl (C=O) groups is 1. The molecule has 0 atom stereocenters. The number of ether oxygens (including phenoxy) is 1. The molecular formula is C25H25FN2O2. The normalized spacial score (nSPS) is 10.4. The first-order chi connectivity index (χ1) is 14.6. The maximum Gasteiger partial charge on any atom is 0.255 e. The van der Waals surface area contributed by atoms with Crippen LogP contribution in [0.3, 0.4) is 0 Å². The van der Waals surface area contributed by atoms with E-state index >= 15 is 0 Å². The first kappa shape index (κ1) is 21.3. The summed E-state index contributed by atoms with van der Waals surface area (Å²) in [5, 5.41) is 3.47. The standard InChI is InChI=1S/C25H25FN2O2/c1-3-4-5-6-7-8-16-30-23-11-9-10-22(24(23)26)28-25(29)20-14-15-21-19(17-20)13-12-18(2)27-21/h9-15,17H,3-6,16H2,1-2H3,(H,28,29). The number of rotatable bonds is 7. The van der Waals surface area contributed by atoms with Crippen molar-refractivity contribution in [2.75, 3.05) is 11.9 Å². The number of nitrogens with one attached hydrogen (secondary N) is 1. The van der Waals surface area contributed by atoms with E-state index in [1.165, 1.54) is 12.1 Å². The lowest BCUT2D eigenvalue weighted by Gasteiger charge is -2.10. The van der Waals surface area contributed by atoms with Gasteiger partial charge in [-0.3, -0.25) is 9.78 Å². The lowest BCUT2D eigenvalue weighted by molar-refractivity contribution is 0.102. The van der Waals surface area contributed by atoms with E-state index in [0.717, 1.165) is 42.3 Å². The summed E-state index contributed by atoms with van der Waals surface area (Å²) in [6.45, 7) is 4.16. The number of halogens is 1. The minimum absolute atomic E-state index is 0.0637. The maximum absolute atomic E-state index is 14.7. The number of unbranched alkanes of at least 4 members (excludes halogenated alkanes) is 3. The molecule has 0 aliphatic carbocycles. The van der Waals surface area contributed by atoms with Crippen LogP contribution in [0.15, 0.2) is 48.5 Å². The average Bonchev–Trinajstić information content (AvgIpc) is 2.75. The van der Waals surface area contributed by atoms with E-state index in [1.807, 2.05) is 19.1 Å². The molecule has 5 heteroatoms. The Kier molecular flexibility index (Phi) is 7.40. The molecule has 2 aromatic carbocycles. The number of anilines is 1. The van der Waals surface area contributed by atoms with Gasteiger partial charge in [-0.1, -0.05) is 43.7 Å². The van der Waals surface area contributed by atoms with Crippen molar-refractivity contribution in [2.24, 2.45) is 0 Å². The van der Waals surface area contributed by atoms with Crippen LogP contribution in [0.1, 0.15) is 48.7 Å². The molecule has 0 aliphatic heterocycles. The number of amides is 1. The molecule has 1 aromatic heterocycles. The van der Waals surface area contributed by atoms with Gasteiger partial charge in [-0.05, 0) is 49.7 Å². The third-order valence-corrected chi connectivity index (χ3v) is 4.63. The highest BCUT2D eigenvalue weighted by molar-refractivity contribution is 6.06. The van der Waals surface area contributed by atoms with E-state index in [-0.39, 0.29) is 18.0 Å². The van der Waals surface area contributed by atoms with E-state index < -0.39 is 11.7 Å². The molecule has 4 nitrogen and oxygen atoms in total. The summed E-state index contributed by atoms with van der Waals surface area (Å²) in [5.41, 5.74) is 2.21. The van der Waals surface area contributed by atoms with Crippen molar-refractivity contribution in [1.82, 2.24) is 4.98 Å². The minimum Gasteiger partial charge on any atom is -0.478 e. The summed E-state index contributed by atoms with van der Waals surface area (Å²) in [6, 6.07) is 13.7. The molecule has 1 heterocycles. The quantitative estimate of drug-likeness (QED) is 0.394. The number of benzene rings is 2. The highest BCUT2D eigenvalue weighted by atomic mass is 19.1. The Labute approximate surface area is 176 Å². The SMILES string of the molecule is CCCCCC#CCOc1cccc(NC(=O)c2ccc3nc(C)ccc3c2)c1F. The van der Waals surface area contributed by atoms with Gasteiger partial charge < -0.3 is 10.1 Å². The van der Waals surface area contributed by atoms with E-state index in [9.17, 15) is 9.18 Å². The molecule has 0 fully saturated rings. The van der Waals surface area contributed by atoms with Gasteiger partial charge in [-0.25, -0.2) is 4.39 Å². The lowest BCUT2D eigenvalue weighted by Crippen LogP contribution is -2.13. The van der Waals surface area contributed by atoms with Gasteiger partial charge in [0.2, 0.25) is 0 Å². The van der Waals surface area contributed by atoms with Crippen LogP contribution < -0.4 is 10.1 Å². The van der Waals surface area contributed by atoms with Crippen molar-refractivity contribution in [3.63, 3.8) is 0 Å². The van der Waals surface area contributed by atoms with Crippen LogP contribution in [-0.2, 0) is 0 Å². The zero-order valence-corrected chi connectivity index (χ0v) is 17.3. The fourth-order valence-electron chi connectivity index (χ4n) is 3.00. The van der Waals surface area contributed by atoms with E-state index in [4.69, 9.17) is 4.74 Å². The third kappa shape index (κ3) is 5.57. The number of aromatic nitrogens is 1. The summed E-state index contributed by atoms with van der Waals surface area (Å²) < 4.78 is 20.2. The zero-order chi connectivity index (χ0) is 21.3. The second kappa shape index (κ2) is 10.4. The van der Waals surface area contributed by atoms with Gasteiger partial charge in [0.15, 0.2) is 11.6 Å². The third-order valence-electron chi connectivity index (χ3n) is 4.63. The topological polar surface area (TPSA) is 51.2 Å². The second-order valence-corrected chi connectivity index (χ2v) is 7.03. The minimum atomic E-state index is -0.614. The summed E-state index contributed by atoms with van der Waals surface area (Å²) in [4.78, 5) is 17.0. The first-order valence-corrected chi connectivity index (χ1v) is 10.1. The van der Waals surface area contributed by atoms with Crippen molar-refractivity contribution in [2.45, 2.75) is 39.5 Å². The first-order valence-electron chi connectivity index (χ1n) is 10.1. The van der Waals surface area contributed by atoms with Crippen LogP contribution in [0, 0.1) is 24.6 Å². The van der Waals surface area contributed by atoms with E-state index in [0.29, 0.717) is 5.56 Å². The van der Waals surface area contributed by atoms with Gasteiger partial charge in [-0.15, -0.1) is 0 Å². The Balaban J connectivity index is 1.65. The maximum atomic E-state index is 14.7. The van der Waals surface area contributed by atoms with Crippen LogP contribution >= 0.6 is 0 Å². The number of carbonyl (C=O) groups excluding carboxylic acids is 1. The number of hydrogen-bond acceptors (Lipinski definition) is 3. The van der Waals surface area contributed by atoms with Crippen molar-refractivity contribution >= 4 is 22.5 Å². The molecule has 0 spiro atoms. The molecule has 30 heavy (non-hydrogen) atoms. The fraction of sp³-hybridized carbons (Fsp3) is 0.280. The van der Waals surface area contributed by atoms with Crippen LogP contribution in [0.5, 0.6) is 5.75 Å². The van der Waals surface area contributed by atoms with Gasteiger partial charge in [0.05, 0.1) is 11.2 Å². The molecule has 1 amide bonds. The monoisotopic (exact) mass is 404 g/mol. The number of fused-ring (bicyclic) bond motifs is 1. The molecular weight excluding hydrogens is 379 g/mol. The number of hydrogen-bond donors (Lipinski definition) is 1. The largest absolute Gasteiger partial charge is 0.478 e. The lowest BCUT2D eigenvalue weighted by atomic mass is 10.1. The van der Waals surface area contributed by atoms with Crippen molar-refractivity contribution < 1.29 is 13.9 Å². The van der Waals surface area contributed by atoms with Crippen LogP contribution in [-0.4, -0.2) is 17.5 Å². The Morgan fingerprint density at radius 1 is 1.13 bits per heavy atom. The number of pyridine rings is 1. The Morgan fingerprint density at radius 3 is 2.83 bits per heavy atom. The molecule has 0 saturated heterocycles. The van der Waals surface area contributed by atoms with Crippen LogP contribution in [0.4, 0.5) is 10.1 Å². The Hall–Kier alpha value is -3.39. The predicted molar refractivity (Wildman–Crippen MR) is 118 cm³/mol. The highest BCUT2D eigenvalue weighted by Crippen LogP contribution is 2.25. The molecule has 0 bridgehead atoms. The van der Waals surface area contributed by atoms with Crippen molar-refractivity contribution in [3.8, 4) is 17.6 Å². The van der Waals surface area contributed by atoms with Crippen molar-refractivity contribution in [1.29, 1.82) is 0 Å². The number of nitrogens with zero attached hydrogens (tertiary/aromatic N) is 1. The fourth-order valence-corrected chi connectivity index (χ4v) is 3.00. The van der Waals surface area contributed by atoms with Gasteiger partial charge in [0, 0.05) is 23.1 Å². The highest BCUT2D eigenvalue weighted by Gasteiger charge is 2.13. The van der Waals surface area contributed by atoms with Gasteiger partial charge >= 0.3 is 0 Å². The summed E-state index contributed by atoms with van der Waals surface area (Å²) >= 11 is 0. The molecule has 154 valence electrons. The van der Waals surface area contributed by atoms with Crippen molar-refractivity contribution in [3.05, 3.63) is 65.6 Å². The van der Waals surface area contributed by atoms with Gasteiger partial charge in [0.1, 0.15) is 6.61 Å². The molecule has 3 aromatic rings. The second-order valence-electron chi connectivity index (χ2n) is 7.03. The molecule has 0 aliphatic rings. The Bertz CT molecular complexity index is 1100. The van der Waals surface area contributed by atoms with Gasteiger partial charge in [-0.2, -0.15) is 0 Å².